The van der Waals surface area contributed by atoms with E-state index in [0.29, 0.717) is 12.2 Å². The minimum atomic E-state index is -1.01. The van der Waals surface area contributed by atoms with Crippen molar-refractivity contribution in [2.75, 3.05) is 31.7 Å². The molecule has 6 nitrogen and oxygen atoms in total. The summed E-state index contributed by atoms with van der Waals surface area (Å²) in [5, 5.41) is 14.5. The van der Waals surface area contributed by atoms with Crippen molar-refractivity contribution in [3.63, 3.8) is 0 Å². The first-order valence-electron chi connectivity index (χ1n) is 5.82. The number of thioether (sulfide) groups is 1. The zero-order valence-electron chi connectivity index (χ0n) is 10.7. The van der Waals surface area contributed by atoms with E-state index in [1.54, 1.807) is 11.8 Å². The highest BCUT2D eigenvalue weighted by molar-refractivity contribution is 7.98. The van der Waals surface area contributed by atoms with Gasteiger partial charge in [-0.2, -0.15) is 11.8 Å². The molecular weight excluding hydrogens is 256 g/mol. The Labute approximate surface area is 111 Å². The molecule has 0 saturated carbocycles. The van der Waals surface area contributed by atoms with Gasteiger partial charge in [0.05, 0.1) is 5.60 Å². The zero-order valence-corrected chi connectivity index (χ0v) is 11.5. The van der Waals surface area contributed by atoms with Crippen LogP contribution in [0, 0.1) is 0 Å². The first-order valence-corrected chi connectivity index (χ1v) is 7.22. The fourth-order valence-corrected chi connectivity index (χ4v) is 2.02. The van der Waals surface area contributed by atoms with Crippen LogP contribution >= 0.6 is 11.8 Å². The largest absolute Gasteiger partial charge is 0.480 e. The molecule has 0 bridgehead atoms. The zero-order chi connectivity index (χ0) is 13.6. The number of nitrogens with one attached hydrogen (secondary N) is 2. The van der Waals surface area contributed by atoms with Gasteiger partial charge in [-0.05, 0) is 25.4 Å². The maximum atomic E-state index is 11.6. The van der Waals surface area contributed by atoms with Crippen molar-refractivity contribution in [3.05, 3.63) is 0 Å². The highest BCUT2D eigenvalue weighted by atomic mass is 32.2. The van der Waals surface area contributed by atoms with E-state index in [1.807, 2.05) is 13.2 Å². The summed E-state index contributed by atoms with van der Waals surface area (Å²) in [5.74, 6) is -0.690. The Kier molecular flexibility index (Phi) is 5.90. The van der Waals surface area contributed by atoms with Crippen molar-refractivity contribution in [1.82, 2.24) is 10.6 Å². The Morgan fingerprint density at radius 3 is 2.67 bits per heavy atom. The molecule has 0 aromatic carbocycles. The van der Waals surface area contributed by atoms with Gasteiger partial charge in [-0.15, -0.1) is 0 Å². The van der Waals surface area contributed by atoms with Gasteiger partial charge in [-0.1, -0.05) is 0 Å². The number of carbonyl (C=O) groups excluding carboxylic acids is 1. The second kappa shape index (κ2) is 6.96. The minimum absolute atomic E-state index is 0.0960. The van der Waals surface area contributed by atoms with E-state index in [2.05, 4.69) is 10.6 Å². The predicted octanol–water partition coefficient (Wildman–Crippen LogP) is -0.313. The molecule has 0 spiro atoms. The van der Waals surface area contributed by atoms with Gasteiger partial charge >= 0.3 is 5.97 Å². The molecule has 1 atom stereocenters. The molecule has 1 rings (SSSR count). The van der Waals surface area contributed by atoms with Crippen LogP contribution in [0.1, 0.15) is 13.3 Å². The fraction of sp³-hybridized carbons (Fsp3) is 0.818. The monoisotopic (exact) mass is 276 g/mol. The van der Waals surface area contributed by atoms with Gasteiger partial charge in [-0.3, -0.25) is 4.79 Å². The van der Waals surface area contributed by atoms with Crippen LogP contribution in [-0.2, 0) is 14.3 Å². The second-order valence-electron chi connectivity index (χ2n) is 4.58. The molecule has 0 aromatic heterocycles. The Balaban J connectivity index is 2.29. The Morgan fingerprint density at radius 2 is 2.22 bits per heavy atom. The van der Waals surface area contributed by atoms with Crippen LogP contribution in [0.15, 0.2) is 0 Å². The van der Waals surface area contributed by atoms with E-state index in [4.69, 9.17) is 9.84 Å². The summed E-state index contributed by atoms with van der Waals surface area (Å²) < 4.78 is 5.44. The van der Waals surface area contributed by atoms with Crippen LogP contribution in [0.3, 0.4) is 0 Å². The van der Waals surface area contributed by atoms with E-state index in [-0.39, 0.29) is 18.1 Å². The molecule has 3 N–H and O–H groups in total. The molecule has 104 valence electrons. The third-order valence-corrected chi connectivity index (χ3v) is 3.44. The molecule has 1 aliphatic rings. The van der Waals surface area contributed by atoms with Crippen molar-refractivity contribution in [1.29, 1.82) is 0 Å². The van der Waals surface area contributed by atoms with Gasteiger partial charge in [-0.25, -0.2) is 4.79 Å². The Hall–Kier alpha value is -0.790. The maximum Gasteiger partial charge on any atom is 0.326 e. The first-order chi connectivity index (χ1) is 8.47. The molecule has 0 radical (unpaired) electrons. The average Bonchev–Trinajstić information content (AvgIpc) is 2.29. The van der Waals surface area contributed by atoms with Gasteiger partial charge in [0.2, 0.25) is 5.91 Å². The smallest absolute Gasteiger partial charge is 0.326 e. The van der Waals surface area contributed by atoms with Crippen LogP contribution in [0.2, 0.25) is 0 Å². The van der Waals surface area contributed by atoms with Crippen molar-refractivity contribution in [2.24, 2.45) is 0 Å². The van der Waals surface area contributed by atoms with Crippen molar-refractivity contribution >= 4 is 23.6 Å². The molecule has 1 unspecified atom stereocenters. The van der Waals surface area contributed by atoms with E-state index in [9.17, 15) is 9.59 Å². The summed E-state index contributed by atoms with van der Waals surface area (Å²) in [6, 6.07) is -0.833. The highest BCUT2D eigenvalue weighted by Gasteiger charge is 2.33. The minimum Gasteiger partial charge on any atom is -0.480 e. The van der Waals surface area contributed by atoms with Crippen LogP contribution < -0.4 is 10.6 Å². The third-order valence-electron chi connectivity index (χ3n) is 2.79. The quantitative estimate of drug-likeness (QED) is 0.563. The summed E-state index contributed by atoms with van der Waals surface area (Å²) in [4.78, 5) is 22.5. The fourth-order valence-electron chi connectivity index (χ4n) is 1.55. The molecule has 1 fully saturated rings. The normalized spacial score (nSPS) is 18.8. The van der Waals surface area contributed by atoms with Crippen LogP contribution in [0.4, 0.5) is 0 Å². The summed E-state index contributed by atoms with van der Waals surface area (Å²) in [6.07, 6.45) is 2.31. The van der Waals surface area contributed by atoms with E-state index < -0.39 is 12.0 Å². The van der Waals surface area contributed by atoms with Crippen LogP contribution in [0.5, 0.6) is 0 Å². The summed E-state index contributed by atoms with van der Waals surface area (Å²) in [5.41, 5.74) is -0.296. The number of ether oxygens (including phenoxy) is 1. The number of carboxylic acids is 1. The second-order valence-corrected chi connectivity index (χ2v) is 5.57. The van der Waals surface area contributed by atoms with E-state index >= 15 is 0 Å². The number of rotatable bonds is 8. The number of carbonyl (C=O) groups is 2. The molecular formula is C11H20N2O4S. The van der Waals surface area contributed by atoms with Crippen molar-refractivity contribution in [3.8, 4) is 0 Å². The van der Waals surface area contributed by atoms with Gasteiger partial charge < -0.3 is 20.5 Å². The first kappa shape index (κ1) is 15.3. The summed E-state index contributed by atoms with van der Waals surface area (Å²) in [6.45, 7) is 3.25. The van der Waals surface area contributed by atoms with E-state index in [1.165, 1.54) is 0 Å². The molecule has 1 saturated heterocycles. The summed E-state index contributed by atoms with van der Waals surface area (Å²) in [7, 11) is 0. The number of hydrogen-bond donors (Lipinski definition) is 3. The Morgan fingerprint density at radius 1 is 1.56 bits per heavy atom. The van der Waals surface area contributed by atoms with Crippen LogP contribution in [-0.4, -0.2) is 60.3 Å². The van der Waals surface area contributed by atoms with Gasteiger partial charge in [0.25, 0.3) is 0 Å². The highest BCUT2D eigenvalue weighted by Crippen LogP contribution is 2.14. The van der Waals surface area contributed by atoms with E-state index in [0.717, 1.165) is 13.1 Å². The van der Waals surface area contributed by atoms with Gasteiger partial charge in [0, 0.05) is 13.1 Å². The lowest BCUT2D eigenvalue weighted by Crippen LogP contribution is -2.60. The topological polar surface area (TPSA) is 87.7 Å². The molecule has 1 heterocycles. The Bertz CT molecular complexity index is 307. The average molecular weight is 276 g/mol. The van der Waals surface area contributed by atoms with Crippen molar-refractivity contribution < 1.29 is 19.4 Å². The van der Waals surface area contributed by atoms with Crippen molar-refractivity contribution in [2.45, 2.75) is 25.0 Å². The number of aliphatic carboxylic acids is 1. The lowest BCUT2D eigenvalue weighted by Gasteiger charge is -2.38. The molecule has 1 amide bonds. The molecule has 0 aliphatic carbocycles. The number of hydrogen-bond acceptors (Lipinski definition) is 5. The lowest BCUT2D eigenvalue weighted by atomic mass is 10.0. The molecule has 0 aromatic rings. The summed E-state index contributed by atoms with van der Waals surface area (Å²) >= 11 is 1.55. The predicted molar refractivity (Wildman–Crippen MR) is 69.8 cm³/mol. The molecule has 18 heavy (non-hydrogen) atoms. The molecule has 1 aliphatic heterocycles. The lowest BCUT2D eigenvalue weighted by molar-refractivity contribution is -0.145. The van der Waals surface area contributed by atoms with Gasteiger partial charge in [0.15, 0.2) is 0 Å². The van der Waals surface area contributed by atoms with Gasteiger partial charge in [0.1, 0.15) is 12.6 Å². The number of carboxylic acid groups (broad SMARTS) is 1. The number of amides is 1. The van der Waals surface area contributed by atoms with Crippen LogP contribution in [0.25, 0.3) is 0 Å². The maximum absolute atomic E-state index is 11.6. The standard InChI is InChI=1S/C11H20N2O4S/c1-11(6-12-7-11)17-5-9(14)13-8(10(15)16)3-4-18-2/h8,12H,3-7H2,1-2H3,(H,13,14)(H,15,16). The molecule has 7 heteroatoms. The third kappa shape index (κ3) is 4.83. The SMILES string of the molecule is CSCCC(NC(=O)COC1(C)CNC1)C(=O)O.